The summed E-state index contributed by atoms with van der Waals surface area (Å²) in [5, 5.41) is 8.17. The molecule has 0 bridgehead atoms. The number of hydrogen-bond donors (Lipinski definition) is 1. The molecule has 0 aromatic carbocycles. The van der Waals surface area contributed by atoms with Gasteiger partial charge in [-0.15, -0.1) is 6.42 Å². The van der Waals surface area contributed by atoms with Crippen LogP contribution in [0.15, 0.2) is 24.5 Å². The SMILES string of the molecule is C#CC(C)/C=C/C=C/O. The molecule has 48 valence electrons. The predicted octanol–water partition coefficient (Wildman–Crippen LogP) is 1.88. The number of aliphatic hydroxyl groups excluding tert-OH is 1. The smallest absolute Gasteiger partial charge is 0.0791 e. The Hall–Kier alpha value is -1.16. The second-order valence-corrected chi connectivity index (χ2v) is 1.68. The van der Waals surface area contributed by atoms with E-state index in [4.69, 9.17) is 11.5 Å². The zero-order valence-electron chi connectivity index (χ0n) is 5.41. The van der Waals surface area contributed by atoms with Crippen LogP contribution < -0.4 is 0 Å². The van der Waals surface area contributed by atoms with Crippen LogP contribution in [0.3, 0.4) is 0 Å². The van der Waals surface area contributed by atoms with Crippen molar-refractivity contribution < 1.29 is 5.11 Å². The highest BCUT2D eigenvalue weighted by atomic mass is 16.2. The molecular weight excluding hydrogens is 112 g/mol. The first-order valence-corrected chi connectivity index (χ1v) is 2.75. The summed E-state index contributed by atoms with van der Waals surface area (Å²) in [5.74, 6) is 2.66. The van der Waals surface area contributed by atoms with Crippen molar-refractivity contribution in [1.29, 1.82) is 0 Å². The Bertz CT molecular complexity index is 148. The lowest BCUT2D eigenvalue weighted by atomic mass is 10.2. The minimum Gasteiger partial charge on any atom is -0.516 e. The molecular formula is C8H10O. The first-order valence-electron chi connectivity index (χ1n) is 2.75. The second kappa shape index (κ2) is 4.99. The highest BCUT2D eigenvalue weighted by molar-refractivity contribution is 5.08. The summed E-state index contributed by atoms with van der Waals surface area (Å²) in [4.78, 5) is 0. The van der Waals surface area contributed by atoms with Crippen LogP contribution in [0.2, 0.25) is 0 Å². The molecule has 0 amide bonds. The number of terminal acetylenes is 1. The molecule has 0 aliphatic rings. The second-order valence-electron chi connectivity index (χ2n) is 1.68. The van der Waals surface area contributed by atoms with Crippen LogP contribution in [0.5, 0.6) is 0 Å². The molecule has 0 rings (SSSR count). The van der Waals surface area contributed by atoms with Crippen molar-refractivity contribution in [2.75, 3.05) is 0 Å². The molecule has 0 saturated heterocycles. The monoisotopic (exact) mass is 122 g/mol. The van der Waals surface area contributed by atoms with E-state index in [9.17, 15) is 0 Å². The Kier molecular flexibility index (Phi) is 4.34. The summed E-state index contributed by atoms with van der Waals surface area (Å²) in [6.45, 7) is 1.90. The predicted molar refractivity (Wildman–Crippen MR) is 38.9 cm³/mol. The summed E-state index contributed by atoms with van der Waals surface area (Å²) >= 11 is 0. The maximum absolute atomic E-state index is 8.17. The quantitative estimate of drug-likeness (QED) is 0.337. The fourth-order valence-electron chi connectivity index (χ4n) is 0.336. The average Bonchev–Trinajstić information content (AvgIpc) is 1.89. The van der Waals surface area contributed by atoms with Crippen molar-refractivity contribution in [2.24, 2.45) is 5.92 Å². The van der Waals surface area contributed by atoms with Crippen molar-refractivity contribution in [1.82, 2.24) is 0 Å². The van der Waals surface area contributed by atoms with E-state index < -0.39 is 0 Å². The summed E-state index contributed by atoms with van der Waals surface area (Å²) in [7, 11) is 0. The molecule has 1 nitrogen and oxygen atoms in total. The number of allylic oxidation sites excluding steroid dienone is 3. The van der Waals surface area contributed by atoms with Gasteiger partial charge in [0.15, 0.2) is 0 Å². The Labute approximate surface area is 55.7 Å². The van der Waals surface area contributed by atoms with Crippen molar-refractivity contribution in [3.63, 3.8) is 0 Å². The maximum Gasteiger partial charge on any atom is 0.0791 e. The van der Waals surface area contributed by atoms with E-state index >= 15 is 0 Å². The van der Waals surface area contributed by atoms with Gasteiger partial charge < -0.3 is 5.11 Å². The highest BCUT2D eigenvalue weighted by Gasteiger charge is 1.82. The molecule has 0 radical (unpaired) electrons. The van der Waals surface area contributed by atoms with Gasteiger partial charge in [0, 0.05) is 5.92 Å². The van der Waals surface area contributed by atoms with E-state index in [0.29, 0.717) is 0 Å². The van der Waals surface area contributed by atoms with Crippen molar-refractivity contribution in [3.05, 3.63) is 24.5 Å². The van der Waals surface area contributed by atoms with Crippen molar-refractivity contribution >= 4 is 0 Å². The molecule has 0 spiro atoms. The van der Waals surface area contributed by atoms with E-state index in [-0.39, 0.29) is 5.92 Å². The third-order valence-corrected chi connectivity index (χ3v) is 0.860. The Morgan fingerprint density at radius 1 is 1.56 bits per heavy atom. The number of aliphatic hydroxyl groups is 1. The van der Waals surface area contributed by atoms with Crippen molar-refractivity contribution in [2.45, 2.75) is 6.92 Å². The van der Waals surface area contributed by atoms with Crippen molar-refractivity contribution in [3.8, 4) is 12.3 Å². The largest absolute Gasteiger partial charge is 0.516 e. The summed E-state index contributed by atoms with van der Waals surface area (Å²) in [6, 6.07) is 0. The van der Waals surface area contributed by atoms with Crippen LogP contribution in [0.1, 0.15) is 6.92 Å². The van der Waals surface area contributed by atoms with E-state index in [0.717, 1.165) is 6.26 Å². The molecule has 1 N–H and O–H groups in total. The standard InChI is InChI=1S/C8H10O/c1-3-8(2)6-4-5-7-9/h1,4-9H,2H3/b6-4+,7-5+. The van der Waals surface area contributed by atoms with Gasteiger partial charge in [0.25, 0.3) is 0 Å². The van der Waals surface area contributed by atoms with Gasteiger partial charge in [-0.2, -0.15) is 0 Å². The summed E-state index contributed by atoms with van der Waals surface area (Å²) in [6.07, 6.45) is 11.1. The summed E-state index contributed by atoms with van der Waals surface area (Å²) < 4.78 is 0. The van der Waals surface area contributed by atoms with Gasteiger partial charge in [-0.1, -0.05) is 18.1 Å². The number of hydrogen-bond acceptors (Lipinski definition) is 1. The molecule has 1 heteroatoms. The average molecular weight is 122 g/mol. The first kappa shape index (κ1) is 7.84. The molecule has 9 heavy (non-hydrogen) atoms. The molecule has 1 atom stereocenters. The zero-order chi connectivity index (χ0) is 7.11. The molecule has 0 fully saturated rings. The van der Waals surface area contributed by atoms with Crippen LogP contribution >= 0.6 is 0 Å². The Balaban J connectivity index is 3.60. The Morgan fingerprint density at radius 2 is 2.22 bits per heavy atom. The van der Waals surface area contributed by atoms with Gasteiger partial charge in [0.2, 0.25) is 0 Å². The van der Waals surface area contributed by atoms with Gasteiger partial charge >= 0.3 is 0 Å². The minimum absolute atomic E-state index is 0.140. The van der Waals surface area contributed by atoms with Gasteiger partial charge in [-0.05, 0) is 13.0 Å². The van der Waals surface area contributed by atoms with Gasteiger partial charge in [-0.25, -0.2) is 0 Å². The molecule has 0 aliphatic heterocycles. The molecule has 0 heterocycles. The summed E-state index contributed by atoms with van der Waals surface area (Å²) in [5.41, 5.74) is 0. The fraction of sp³-hybridized carbons (Fsp3) is 0.250. The maximum atomic E-state index is 8.17. The van der Waals surface area contributed by atoms with Crippen LogP contribution in [-0.4, -0.2) is 5.11 Å². The Morgan fingerprint density at radius 3 is 2.67 bits per heavy atom. The van der Waals surface area contributed by atoms with Gasteiger partial charge in [-0.3, -0.25) is 0 Å². The highest BCUT2D eigenvalue weighted by Crippen LogP contribution is 1.92. The lowest BCUT2D eigenvalue weighted by Crippen LogP contribution is -1.78. The lowest BCUT2D eigenvalue weighted by Gasteiger charge is -1.88. The van der Waals surface area contributed by atoms with Gasteiger partial charge in [0.05, 0.1) is 6.26 Å². The first-order chi connectivity index (χ1) is 4.31. The third-order valence-electron chi connectivity index (χ3n) is 0.860. The molecule has 1 unspecified atom stereocenters. The fourth-order valence-corrected chi connectivity index (χ4v) is 0.336. The van der Waals surface area contributed by atoms with Gasteiger partial charge in [0.1, 0.15) is 0 Å². The molecule has 0 aromatic rings. The van der Waals surface area contributed by atoms with Crippen LogP contribution in [0, 0.1) is 18.3 Å². The minimum atomic E-state index is 0.140. The van der Waals surface area contributed by atoms with E-state index in [1.54, 1.807) is 6.08 Å². The van der Waals surface area contributed by atoms with E-state index in [2.05, 4.69) is 5.92 Å². The number of rotatable bonds is 2. The topological polar surface area (TPSA) is 20.2 Å². The van der Waals surface area contributed by atoms with Crippen LogP contribution in [0.4, 0.5) is 0 Å². The molecule has 0 aromatic heterocycles. The lowest BCUT2D eigenvalue weighted by molar-refractivity contribution is 0.473. The molecule has 0 aliphatic carbocycles. The molecule has 0 saturated carbocycles. The zero-order valence-corrected chi connectivity index (χ0v) is 5.41. The third kappa shape index (κ3) is 4.70. The normalized spacial score (nSPS) is 14.2. The van der Waals surface area contributed by atoms with Crippen LogP contribution in [-0.2, 0) is 0 Å². The van der Waals surface area contributed by atoms with E-state index in [1.165, 1.54) is 6.08 Å². The van der Waals surface area contributed by atoms with Crippen LogP contribution in [0.25, 0.3) is 0 Å². The van der Waals surface area contributed by atoms with E-state index in [1.807, 2.05) is 13.0 Å².